The van der Waals surface area contributed by atoms with Crippen molar-refractivity contribution >= 4 is 17.2 Å². The minimum Gasteiger partial charge on any atom is -0.387 e. The van der Waals surface area contributed by atoms with Crippen molar-refractivity contribution < 1.29 is 23.9 Å². The number of halogens is 1. The van der Waals surface area contributed by atoms with E-state index in [-0.39, 0.29) is 42.3 Å². The summed E-state index contributed by atoms with van der Waals surface area (Å²) in [5, 5.41) is 31.3. The number of anilines is 1. The molecule has 2 aromatic heterocycles. The summed E-state index contributed by atoms with van der Waals surface area (Å²) in [4.78, 5) is 20.9. The van der Waals surface area contributed by atoms with Gasteiger partial charge in [-0.05, 0) is 87.0 Å². The number of nitrogens with one attached hydrogen (secondary N) is 1. The van der Waals surface area contributed by atoms with Crippen molar-refractivity contribution in [2.24, 2.45) is 5.92 Å². The number of nitrogens with zero attached hydrogens (tertiary/aromatic N) is 5. The fourth-order valence-electron chi connectivity index (χ4n) is 8.00. The molecule has 3 aromatic rings. The van der Waals surface area contributed by atoms with E-state index in [2.05, 4.69) is 27.1 Å². The highest BCUT2D eigenvalue weighted by molar-refractivity contribution is 5.74. The molecule has 0 amide bonds. The van der Waals surface area contributed by atoms with E-state index in [0.717, 1.165) is 62.6 Å². The fraction of sp³-hybridized carbons (Fsp3) is 0.556. The lowest BCUT2D eigenvalue weighted by Crippen LogP contribution is -2.52. The van der Waals surface area contributed by atoms with Crippen LogP contribution in [0.3, 0.4) is 0 Å². The molecule has 2 fully saturated rings. The highest BCUT2D eigenvalue weighted by Crippen LogP contribution is 2.42. The van der Waals surface area contributed by atoms with E-state index in [9.17, 15) is 15.0 Å². The monoisotopic (exact) mass is 660 g/mol. The Morgan fingerprint density at radius 2 is 2.02 bits per heavy atom. The molecule has 4 aliphatic rings. The minimum atomic E-state index is -0.986. The number of allylic oxidation sites excluding steroid dienone is 5. The molecular weight excluding hydrogens is 615 g/mol. The van der Waals surface area contributed by atoms with E-state index in [0.29, 0.717) is 34.9 Å². The van der Waals surface area contributed by atoms with Crippen LogP contribution in [0.5, 0.6) is 0 Å². The number of aliphatic hydroxyl groups is 2. The van der Waals surface area contributed by atoms with Gasteiger partial charge in [-0.3, -0.25) is 9.51 Å². The van der Waals surface area contributed by atoms with Gasteiger partial charge in [-0.25, -0.2) is 13.9 Å². The molecule has 48 heavy (non-hydrogen) atoms. The van der Waals surface area contributed by atoms with Gasteiger partial charge >= 0.3 is 5.76 Å². The number of hydrogen-bond acceptors (Lipinski definition) is 9. The molecule has 11 nitrogen and oxygen atoms in total. The van der Waals surface area contributed by atoms with Crippen LogP contribution in [0.1, 0.15) is 101 Å². The molecule has 3 aliphatic carbocycles. The second kappa shape index (κ2) is 13.2. The predicted molar refractivity (Wildman–Crippen MR) is 178 cm³/mol. The lowest BCUT2D eigenvalue weighted by molar-refractivity contribution is -0.167. The van der Waals surface area contributed by atoms with Gasteiger partial charge in [-0.15, -0.1) is 0 Å². The van der Waals surface area contributed by atoms with Crippen molar-refractivity contribution in [3.63, 3.8) is 0 Å². The Hall–Kier alpha value is -3.87. The molecular formula is C36H45FN6O5. The van der Waals surface area contributed by atoms with E-state index in [4.69, 9.17) is 9.26 Å². The lowest BCUT2D eigenvalue weighted by atomic mass is 9.76. The summed E-state index contributed by atoms with van der Waals surface area (Å²) >= 11 is 0. The standard InChI is InChI=1S/C36H45FN6O5/c1-4-7-30-28(18-24-11-10-23(19-29(24)37)27-9-5-8-21(2)31(27)32-40-35(45)48-41-32)33(44)42(34-38-20-39-43(30)34)25-12-14-26(15-13-25)47-22(3)36(46)16-6-17-36/h5,8-11,19-22,25-26,31,33,44,46H,4,6-7,12-18H2,1-3H3,(H,40,41,45). The van der Waals surface area contributed by atoms with Gasteiger partial charge in [0.1, 0.15) is 12.1 Å². The predicted octanol–water partition coefficient (Wildman–Crippen LogP) is 5.49. The first-order valence-electron chi connectivity index (χ1n) is 17.4. The molecule has 7 rings (SSSR count). The van der Waals surface area contributed by atoms with Gasteiger partial charge in [0.15, 0.2) is 12.1 Å². The summed E-state index contributed by atoms with van der Waals surface area (Å²) in [6.07, 6.45) is 13.8. The molecule has 1 aromatic carbocycles. The van der Waals surface area contributed by atoms with Gasteiger partial charge in [0.25, 0.3) is 0 Å². The number of rotatable bonds is 10. The number of aromatic nitrogens is 5. The SMILES string of the molecule is CCCC1=C(Cc2ccc(C3=CC=CC(C)C3c3noc(=O)[nH]3)cc2F)C(O)N(C2CCC(OC(C)C3(O)CCC3)CC2)c2ncnn21. The number of aliphatic hydroxyl groups excluding tert-OH is 1. The van der Waals surface area contributed by atoms with Crippen LogP contribution in [0.15, 0.2) is 57.6 Å². The van der Waals surface area contributed by atoms with Crippen molar-refractivity contribution in [2.45, 2.75) is 121 Å². The van der Waals surface area contributed by atoms with Crippen molar-refractivity contribution in [3.8, 4) is 0 Å². The zero-order valence-electron chi connectivity index (χ0n) is 27.8. The Labute approximate surface area is 279 Å². The molecule has 3 heterocycles. The number of H-pyrrole nitrogens is 1. The van der Waals surface area contributed by atoms with E-state index in [1.165, 1.54) is 12.4 Å². The maximum absolute atomic E-state index is 16.1. The maximum Gasteiger partial charge on any atom is 0.438 e. The summed E-state index contributed by atoms with van der Waals surface area (Å²) in [5.41, 5.74) is 2.84. The Balaban J connectivity index is 1.12. The second-order valence-electron chi connectivity index (χ2n) is 13.9. The van der Waals surface area contributed by atoms with Crippen LogP contribution in [-0.2, 0) is 11.2 Å². The first-order chi connectivity index (χ1) is 23.2. The fourth-order valence-corrected chi connectivity index (χ4v) is 8.00. The number of benzene rings is 1. The summed E-state index contributed by atoms with van der Waals surface area (Å²) in [7, 11) is 0. The maximum atomic E-state index is 16.1. The van der Waals surface area contributed by atoms with E-state index >= 15 is 4.39 Å². The van der Waals surface area contributed by atoms with Crippen LogP contribution in [0.4, 0.5) is 10.3 Å². The minimum absolute atomic E-state index is 0.00323. The van der Waals surface area contributed by atoms with Crippen LogP contribution in [0, 0.1) is 11.7 Å². The molecule has 0 radical (unpaired) electrons. The average Bonchev–Trinajstić information content (AvgIpc) is 3.72. The van der Waals surface area contributed by atoms with E-state index in [1.807, 2.05) is 47.7 Å². The van der Waals surface area contributed by atoms with Crippen molar-refractivity contribution in [3.05, 3.63) is 81.6 Å². The topological polar surface area (TPSA) is 143 Å². The summed E-state index contributed by atoms with van der Waals surface area (Å²) in [6, 6.07) is 5.19. The molecule has 0 bridgehead atoms. The average molecular weight is 661 g/mol. The van der Waals surface area contributed by atoms with Gasteiger partial charge < -0.3 is 19.8 Å². The third kappa shape index (κ3) is 5.98. The highest BCUT2D eigenvalue weighted by atomic mass is 19.1. The first-order valence-corrected chi connectivity index (χ1v) is 17.4. The van der Waals surface area contributed by atoms with Crippen LogP contribution in [0.25, 0.3) is 11.3 Å². The largest absolute Gasteiger partial charge is 0.438 e. The second-order valence-corrected chi connectivity index (χ2v) is 13.9. The van der Waals surface area contributed by atoms with E-state index in [1.54, 1.807) is 6.07 Å². The lowest BCUT2D eigenvalue weighted by Gasteiger charge is -2.45. The third-order valence-electron chi connectivity index (χ3n) is 10.9. The number of fused-ring (bicyclic) bond motifs is 1. The van der Waals surface area contributed by atoms with Crippen molar-refractivity contribution in [1.82, 2.24) is 24.9 Å². The zero-order chi connectivity index (χ0) is 33.6. The molecule has 1 aliphatic heterocycles. The molecule has 3 N–H and O–H groups in total. The van der Waals surface area contributed by atoms with E-state index < -0.39 is 17.6 Å². The van der Waals surface area contributed by atoms with Crippen LogP contribution in [0.2, 0.25) is 0 Å². The van der Waals surface area contributed by atoms with Crippen LogP contribution in [-0.4, -0.2) is 65.2 Å². The molecule has 12 heteroatoms. The summed E-state index contributed by atoms with van der Waals surface area (Å²) in [5.74, 6) is -0.281. The quantitative estimate of drug-likeness (QED) is 0.257. The Morgan fingerprint density at radius 1 is 1.23 bits per heavy atom. The first kappa shape index (κ1) is 32.7. The Kier molecular flexibility index (Phi) is 8.99. The molecule has 0 spiro atoms. The van der Waals surface area contributed by atoms with Gasteiger partial charge in [0, 0.05) is 23.7 Å². The van der Waals surface area contributed by atoms with Crippen LogP contribution < -0.4 is 10.7 Å². The Morgan fingerprint density at radius 3 is 2.69 bits per heavy atom. The number of ether oxygens (including phenoxy) is 1. The van der Waals surface area contributed by atoms with Crippen molar-refractivity contribution in [1.29, 1.82) is 0 Å². The van der Waals surface area contributed by atoms with Crippen LogP contribution >= 0.6 is 0 Å². The third-order valence-corrected chi connectivity index (χ3v) is 10.9. The highest BCUT2D eigenvalue weighted by Gasteiger charge is 2.43. The molecule has 4 atom stereocenters. The normalized spacial score (nSPS) is 27.4. The van der Waals surface area contributed by atoms with Gasteiger partial charge in [0.2, 0.25) is 5.95 Å². The molecule has 0 saturated heterocycles. The van der Waals surface area contributed by atoms with Gasteiger partial charge in [0.05, 0.1) is 23.7 Å². The zero-order valence-corrected chi connectivity index (χ0v) is 27.8. The summed E-state index contributed by atoms with van der Waals surface area (Å²) in [6.45, 7) is 6.06. The molecule has 2 saturated carbocycles. The van der Waals surface area contributed by atoms with Gasteiger partial charge in [-0.1, -0.05) is 55.8 Å². The van der Waals surface area contributed by atoms with Crippen molar-refractivity contribution in [2.75, 3.05) is 4.90 Å². The number of hydrogen-bond donors (Lipinski definition) is 3. The smallest absolute Gasteiger partial charge is 0.387 e. The summed E-state index contributed by atoms with van der Waals surface area (Å²) < 4.78 is 29.0. The number of aromatic amines is 1. The van der Waals surface area contributed by atoms with Gasteiger partial charge in [-0.2, -0.15) is 10.1 Å². The molecule has 4 unspecified atom stereocenters. The molecule has 256 valence electrons. The Bertz CT molecular complexity index is 1780.